The van der Waals surface area contributed by atoms with Crippen molar-refractivity contribution < 1.29 is 0 Å². The molecule has 0 saturated carbocycles. The van der Waals surface area contributed by atoms with E-state index in [2.05, 4.69) is 71.7 Å². The van der Waals surface area contributed by atoms with Crippen LogP contribution in [-0.2, 0) is 12.8 Å². The van der Waals surface area contributed by atoms with E-state index >= 15 is 0 Å². The number of hydrogen-bond acceptors (Lipinski definition) is 2. The van der Waals surface area contributed by atoms with Crippen molar-refractivity contribution in [3.63, 3.8) is 0 Å². The van der Waals surface area contributed by atoms with Crippen LogP contribution in [0.25, 0.3) is 0 Å². The molecule has 0 fully saturated rings. The zero-order valence-corrected chi connectivity index (χ0v) is 14.8. The van der Waals surface area contributed by atoms with Crippen molar-refractivity contribution in [3.8, 4) is 0 Å². The summed E-state index contributed by atoms with van der Waals surface area (Å²) in [5, 5.41) is 5.78. The van der Waals surface area contributed by atoms with Gasteiger partial charge in [0.2, 0.25) is 0 Å². The Labute approximate surface area is 134 Å². The fourth-order valence-electron chi connectivity index (χ4n) is 2.68. The maximum absolute atomic E-state index is 3.62. The quantitative estimate of drug-likeness (QED) is 0.780. The van der Waals surface area contributed by atoms with E-state index in [0.717, 1.165) is 19.4 Å². The van der Waals surface area contributed by atoms with E-state index in [0.29, 0.717) is 6.04 Å². The maximum Gasteiger partial charge on any atom is 0.0285 e. The Hall–Kier alpha value is -0.640. The molecule has 0 amide bonds. The summed E-state index contributed by atoms with van der Waals surface area (Å²) >= 11 is 5.37. The van der Waals surface area contributed by atoms with Crippen molar-refractivity contribution in [1.82, 2.24) is 5.32 Å². The number of likely N-dealkylation sites (N-methyl/N-ethyl adjacent to an activating group) is 1. The molecule has 0 spiro atoms. The number of nitrogens with one attached hydrogen (secondary N) is 1. The van der Waals surface area contributed by atoms with Crippen LogP contribution in [-0.4, -0.2) is 12.6 Å². The lowest BCUT2D eigenvalue weighted by Crippen LogP contribution is -2.32. The summed E-state index contributed by atoms with van der Waals surface area (Å²) in [5.74, 6) is 0. The van der Waals surface area contributed by atoms with Gasteiger partial charge in [-0.05, 0) is 60.8 Å². The van der Waals surface area contributed by atoms with E-state index < -0.39 is 0 Å². The third-order valence-corrected chi connectivity index (χ3v) is 5.05. The molecule has 1 N–H and O–H groups in total. The van der Waals surface area contributed by atoms with E-state index in [1.165, 1.54) is 26.0 Å². The van der Waals surface area contributed by atoms with Crippen LogP contribution >= 0.6 is 27.3 Å². The molecule has 1 nitrogen and oxygen atoms in total. The van der Waals surface area contributed by atoms with E-state index in [-0.39, 0.29) is 0 Å². The Bertz CT molecular complexity index is 542. The minimum atomic E-state index is 0.506. The molecule has 0 radical (unpaired) electrons. The van der Waals surface area contributed by atoms with Gasteiger partial charge in [0.25, 0.3) is 0 Å². The van der Waals surface area contributed by atoms with Gasteiger partial charge in [-0.2, -0.15) is 0 Å². The fraction of sp³-hybridized carbons (Fsp3) is 0.412. The van der Waals surface area contributed by atoms with Crippen molar-refractivity contribution in [2.24, 2.45) is 0 Å². The van der Waals surface area contributed by atoms with Gasteiger partial charge in [0.05, 0.1) is 0 Å². The Morgan fingerprint density at radius 1 is 1.10 bits per heavy atom. The highest BCUT2D eigenvalue weighted by Gasteiger charge is 2.11. The van der Waals surface area contributed by atoms with E-state index in [1.54, 1.807) is 0 Å². The Balaban J connectivity index is 2.08. The highest BCUT2D eigenvalue weighted by atomic mass is 79.9. The molecular formula is C17H22BrNS. The highest BCUT2D eigenvalue weighted by molar-refractivity contribution is 9.10. The molecule has 3 heteroatoms. The summed E-state index contributed by atoms with van der Waals surface area (Å²) in [4.78, 5) is 1.44. The Morgan fingerprint density at radius 2 is 1.80 bits per heavy atom. The van der Waals surface area contributed by atoms with E-state index in [4.69, 9.17) is 0 Å². The normalized spacial score (nSPS) is 12.6. The molecule has 1 aromatic heterocycles. The van der Waals surface area contributed by atoms with Crippen LogP contribution in [0.4, 0.5) is 0 Å². The molecule has 1 atom stereocenters. The molecule has 0 aliphatic rings. The largest absolute Gasteiger partial charge is 0.314 e. The van der Waals surface area contributed by atoms with Gasteiger partial charge in [-0.3, -0.25) is 0 Å². The van der Waals surface area contributed by atoms with Crippen LogP contribution in [0.15, 0.2) is 34.1 Å². The summed E-state index contributed by atoms with van der Waals surface area (Å²) in [7, 11) is 0. The van der Waals surface area contributed by atoms with Crippen molar-refractivity contribution in [1.29, 1.82) is 0 Å². The lowest BCUT2D eigenvalue weighted by atomic mass is 9.99. The SMILES string of the molecule is CCNC(Cc1cc(C)cc(C)c1)Cc1cc(Br)cs1. The Kier molecular flexibility index (Phi) is 5.82. The van der Waals surface area contributed by atoms with Crippen molar-refractivity contribution in [2.45, 2.75) is 39.7 Å². The highest BCUT2D eigenvalue weighted by Crippen LogP contribution is 2.22. The number of rotatable bonds is 6. The molecule has 2 aromatic rings. The molecule has 1 unspecified atom stereocenters. The third kappa shape index (κ3) is 4.72. The summed E-state index contributed by atoms with van der Waals surface area (Å²) < 4.78 is 1.19. The molecule has 0 aliphatic heterocycles. The topological polar surface area (TPSA) is 12.0 Å². The molecule has 0 bridgehead atoms. The average molecular weight is 352 g/mol. The van der Waals surface area contributed by atoms with Crippen molar-refractivity contribution in [3.05, 3.63) is 55.7 Å². The molecule has 0 aliphatic carbocycles. The second kappa shape index (κ2) is 7.39. The number of benzene rings is 1. The van der Waals surface area contributed by atoms with Gasteiger partial charge < -0.3 is 5.32 Å². The van der Waals surface area contributed by atoms with Gasteiger partial charge >= 0.3 is 0 Å². The molecule has 108 valence electrons. The molecule has 2 rings (SSSR count). The maximum atomic E-state index is 3.62. The predicted molar refractivity (Wildman–Crippen MR) is 92.8 cm³/mol. The second-order valence-corrected chi connectivity index (χ2v) is 7.30. The first-order valence-corrected chi connectivity index (χ1v) is 8.77. The van der Waals surface area contributed by atoms with Crippen LogP contribution in [0, 0.1) is 13.8 Å². The second-order valence-electron chi connectivity index (χ2n) is 5.39. The average Bonchev–Trinajstić information content (AvgIpc) is 2.73. The number of aryl methyl sites for hydroxylation is 2. The molecule has 0 saturated heterocycles. The molecule has 1 heterocycles. The van der Waals surface area contributed by atoms with Crippen LogP contribution < -0.4 is 5.32 Å². The predicted octanol–water partition coefficient (Wildman–Crippen LogP) is 4.89. The van der Waals surface area contributed by atoms with Gasteiger partial charge in [-0.1, -0.05) is 36.2 Å². The van der Waals surface area contributed by atoms with Crippen LogP contribution in [0.1, 0.15) is 28.5 Å². The van der Waals surface area contributed by atoms with Gasteiger partial charge in [0.15, 0.2) is 0 Å². The lowest BCUT2D eigenvalue weighted by Gasteiger charge is -2.18. The summed E-state index contributed by atoms with van der Waals surface area (Å²) in [6.45, 7) is 7.55. The van der Waals surface area contributed by atoms with Gasteiger partial charge in [-0.15, -0.1) is 11.3 Å². The van der Waals surface area contributed by atoms with Gasteiger partial charge in [0.1, 0.15) is 0 Å². The molecule has 1 aromatic carbocycles. The Morgan fingerprint density at radius 3 is 2.35 bits per heavy atom. The minimum absolute atomic E-state index is 0.506. The third-order valence-electron chi connectivity index (χ3n) is 3.33. The first-order valence-electron chi connectivity index (χ1n) is 7.10. The number of halogens is 1. The smallest absolute Gasteiger partial charge is 0.0285 e. The lowest BCUT2D eigenvalue weighted by molar-refractivity contribution is 0.524. The van der Waals surface area contributed by atoms with Gasteiger partial charge in [-0.25, -0.2) is 0 Å². The van der Waals surface area contributed by atoms with Crippen LogP contribution in [0.3, 0.4) is 0 Å². The van der Waals surface area contributed by atoms with Gasteiger partial charge in [0, 0.05) is 20.8 Å². The summed E-state index contributed by atoms with van der Waals surface area (Å²) in [6.07, 6.45) is 2.18. The van der Waals surface area contributed by atoms with E-state index in [9.17, 15) is 0 Å². The monoisotopic (exact) mass is 351 g/mol. The van der Waals surface area contributed by atoms with Crippen molar-refractivity contribution >= 4 is 27.3 Å². The van der Waals surface area contributed by atoms with Crippen molar-refractivity contribution in [2.75, 3.05) is 6.54 Å². The van der Waals surface area contributed by atoms with E-state index in [1.807, 2.05) is 11.3 Å². The molecular weight excluding hydrogens is 330 g/mol. The van der Waals surface area contributed by atoms with Crippen LogP contribution in [0.2, 0.25) is 0 Å². The number of thiophene rings is 1. The standard InChI is InChI=1S/C17H22BrNS/c1-4-19-16(10-17-9-15(18)11-20-17)8-14-6-12(2)5-13(3)7-14/h5-7,9,11,16,19H,4,8,10H2,1-3H3. The zero-order valence-electron chi connectivity index (χ0n) is 12.4. The summed E-state index contributed by atoms with van der Waals surface area (Å²) in [6, 6.07) is 9.59. The summed E-state index contributed by atoms with van der Waals surface area (Å²) in [5.41, 5.74) is 4.15. The number of hydrogen-bond donors (Lipinski definition) is 1. The fourth-order valence-corrected chi connectivity index (χ4v) is 4.21. The first-order chi connectivity index (χ1) is 9.56. The molecule has 20 heavy (non-hydrogen) atoms. The minimum Gasteiger partial charge on any atom is -0.314 e. The zero-order chi connectivity index (χ0) is 14.5. The van der Waals surface area contributed by atoms with Crippen LogP contribution in [0.5, 0.6) is 0 Å². The first kappa shape index (κ1) is 15.7.